The predicted molar refractivity (Wildman–Crippen MR) is 45.4 cm³/mol. The first-order valence-corrected chi connectivity index (χ1v) is 5.72. The van der Waals surface area contributed by atoms with E-state index in [4.69, 9.17) is 0 Å². The van der Waals surface area contributed by atoms with Crippen LogP contribution in [0.5, 0.6) is 0 Å². The van der Waals surface area contributed by atoms with Crippen molar-refractivity contribution in [3.05, 3.63) is 0 Å². The lowest BCUT2D eigenvalue weighted by Gasteiger charge is -2.30. The summed E-state index contributed by atoms with van der Waals surface area (Å²) in [5.74, 6) is -2.92. The maximum Gasteiger partial charge on any atom is 0.432 e. The highest BCUT2D eigenvalue weighted by molar-refractivity contribution is 7.86. The maximum atomic E-state index is 12.8. The third-order valence-electron chi connectivity index (χ3n) is 1.64. The van der Waals surface area contributed by atoms with Gasteiger partial charge in [0.25, 0.3) is 6.10 Å². The van der Waals surface area contributed by atoms with Gasteiger partial charge in [-0.15, -0.1) is 0 Å². The van der Waals surface area contributed by atoms with Crippen molar-refractivity contribution in [2.45, 2.75) is 31.4 Å². The van der Waals surface area contributed by atoms with Gasteiger partial charge in [-0.05, 0) is 0 Å². The molecule has 1 unspecified atom stereocenters. The molecule has 0 aliphatic carbocycles. The van der Waals surface area contributed by atoms with Crippen LogP contribution in [0.25, 0.3) is 0 Å². The molecule has 0 aromatic rings. The van der Waals surface area contributed by atoms with Gasteiger partial charge in [0.15, 0.2) is 10.1 Å². The number of alkyl halides is 5. The first-order valence-electron chi connectivity index (χ1n) is 4.31. The molecule has 1 atom stereocenters. The van der Waals surface area contributed by atoms with Crippen molar-refractivity contribution in [3.63, 3.8) is 0 Å². The van der Waals surface area contributed by atoms with Crippen LogP contribution in [0.1, 0.15) is 13.8 Å². The molecular weight excluding hydrogens is 291 g/mol. The fraction of sp³-hybridized carbons (Fsp3) is 0.857. The molecule has 0 N–H and O–H groups in total. The number of hydrogen-bond donors (Lipinski definition) is 0. The fourth-order valence-electron chi connectivity index (χ4n) is 0.709. The smallest absolute Gasteiger partial charge is 0.432 e. The molecule has 0 spiro atoms. The first kappa shape index (κ1) is 17.0. The van der Waals surface area contributed by atoms with Crippen molar-refractivity contribution in [2.24, 2.45) is 5.92 Å². The molecule has 0 saturated heterocycles. The molecule has 18 heavy (non-hydrogen) atoms. The Kier molecular flexibility index (Phi) is 4.69. The van der Waals surface area contributed by atoms with Gasteiger partial charge >= 0.3 is 17.4 Å². The summed E-state index contributed by atoms with van der Waals surface area (Å²) in [7, 11) is -6.64. The van der Waals surface area contributed by atoms with Crippen LogP contribution in [0.2, 0.25) is 0 Å². The van der Waals surface area contributed by atoms with E-state index in [9.17, 15) is 39.7 Å². The van der Waals surface area contributed by atoms with Gasteiger partial charge in [-0.2, -0.15) is 22.0 Å². The quantitative estimate of drug-likeness (QED) is 0.443. The molecule has 108 valence electrons. The van der Waals surface area contributed by atoms with Crippen LogP contribution < -0.4 is 0 Å². The number of carbonyl (C=O) groups excluding carboxylic acids is 1. The van der Waals surface area contributed by atoms with Gasteiger partial charge in [-0.25, -0.2) is 8.42 Å². The van der Waals surface area contributed by atoms with Crippen molar-refractivity contribution in [2.75, 3.05) is 0 Å². The zero-order valence-electron chi connectivity index (χ0n) is 8.99. The summed E-state index contributed by atoms with van der Waals surface area (Å²) < 4.78 is 95.9. The number of halogens is 5. The summed E-state index contributed by atoms with van der Waals surface area (Å²) >= 11 is 0. The minimum atomic E-state index is -6.64. The van der Waals surface area contributed by atoms with E-state index in [0.717, 1.165) is 13.8 Å². The zero-order chi connectivity index (χ0) is 14.9. The highest BCUT2D eigenvalue weighted by Gasteiger charge is 2.62. The molecular formula is C7H8F5O5S-. The molecule has 5 nitrogen and oxygen atoms in total. The molecule has 11 heteroatoms. The Hall–Kier alpha value is -0.970. The van der Waals surface area contributed by atoms with Gasteiger partial charge in [0.05, 0.1) is 5.92 Å². The number of ether oxygens (including phenoxy) is 1. The Bertz CT molecular complexity index is 412. The second-order valence-electron chi connectivity index (χ2n) is 3.53. The minimum Gasteiger partial charge on any atom is -0.743 e. The molecule has 0 amide bonds. The van der Waals surface area contributed by atoms with Crippen molar-refractivity contribution in [1.82, 2.24) is 0 Å². The third-order valence-corrected chi connectivity index (χ3v) is 2.52. The number of hydrogen-bond acceptors (Lipinski definition) is 5. The summed E-state index contributed by atoms with van der Waals surface area (Å²) in [6.07, 6.45) is -10.2. The van der Waals surface area contributed by atoms with Crippen LogP contribution in [-0.4, -0.2) is 36.5 Å². The van der Waals surface area contributed by atoms with Gasteiger partial charge in [-0.3, -0.25) is 4.79 Å². The Morgan fingerprint density at radius 3 is 1.78 bits per heavy atom. The summed E-state index contributed by atoms with van der Waals surface area (Å²) in [5, 5.41) is -5.80. The van der Waals surface area contributed by atoms with E-state index in [2.05, 4.69) is 4.74 Å². The van der Waals surface area contributed by atoms with E-state index in [1.54, 1.807) is 0 Å². The lowest BCUT2D eigenvalue weighted by molar-refractivity contribution is -0.260. The molecule has 0 aliphatic rings. The fourth-order valence-corrected chi connectivity index (χ4v) is 1.15. The normalized spacial score (nSPS) is 15.6. The molecule has 0 rings (SSSR count). The molecule has 0 aliphatic heterocycles. The van der Waals surface area contributed by atoms with Crippen LogP contribution in [0, 0.1) is 5.92 Å². The largest absolute Gasteiger partial charge is 0.743 e. The van der Waals surface area contributed by atoms with E-state index in [1.165, 1.54) is 0 Å². The molecule has 0 aromatic heterocycles. The molecule has 0 heterocycles. The number of rotatable bonds is 4. The SMILES string of the molecule is CC(C)C(=O)OC(C(F)(F)F)C(F)(F)S(=O)(=O)[O-]. The van der Waals surface area contributed by atoms with Gasteiger partial charge < -0.3 is 9.29 Å². The highest BCUT2D eigenvalue weighted by Crippen LogP contribution is 2.38. The Balaban J connectivity index is 5.48. The lowest BCUT2D eigenvalue weighted by Crippen LogP contribution is -2.52. The standard InChI is InChI=1S/C7H9F5O5S/c1-3(2)4(13)17-5(6(8,9)10)7(11,12)18(14,15)16/h3,5H,1-2H3,(H,14,15,16)/p-1. The van der Waals surface area contributed by atoms with Crippen LogP contribution in [0.3, 0.4) is 0 Å². The first-order chi connectivity index (χ1) is 7.71. The maximum absolute atomic E-state index is 12.8. The van der Waals surface area contributed by atoms with Gasteiger partial charge in [0.2, 0.25) is 0 Å². The van der Waals surface area contributed by atoms with Crippen LogP contribution in [0.15, 0.2) is 0 Å². The topological polar surface area (TPSA) is 83.5 Å². The number of esters is 1. The predicted octanol–water partition coefficient (Wildman–Crippen LogP) is 1.25. The third kappa shape index (κ3) is 3.77. The summed E-state index contributed by atoms with van der Waals surface area (Å²) in [6.45, 7) is 2.08. The Morgan fingerprint density at radius 2 is 1.56 bits per heavy atom. The van der Waals surface area contributed by atoms with E-state index in [0.29, 0.717) is 0 Å². The molecule has 0 bridgehead atoms. The van der Waals surface area contributed by atoms with Crippen molar-refractivity contribution in [3.8, 4) is 0 Å². The van der Waals surface area contributed by atoms with Gasteiger partial charge in [0.1, 0.15) is 0 Å². The second kappa shape index (κ2) is 4.96. The Labute approximate surface area is 98.7 Å². The summed E-state index contributed by atoms with van der Waals surface area (Å²) in [6, 6.07) is 0. The van der Waals surface area contributed by atoms with Crippen LogP contribution in [-0.2, 0) is 19.6 Å². The monoisotopic (exact) mass is 299 g/mol. The zero-order valence-corrected chi connectivity index (χ0v) is 9.81. The van der Waals surface area contributed by atoms with Gasteiger partial charge in [-0.1, -0.05) is 13.8 Å². The highest BCUT2D eigenvalue weighted by atomic mass is 32.2. The van der Waals surface area contributed by atoms with Crippen molar-refractivity contribution < 1.29 is 44.5 Å². The molecule has 0 aromatic carbocycles. The average molecular weight is 299 g/mol. The van der Waals surface area contributed by atoms with E-state index >= 15 is 0 Å². The average Bonchev–Trinajstić information content (AvgIpc) is 2.09. The summed E-state index contributed by atoms with van der Waals surface area (Å²) in [4.78, 5) is 10.8. The molecule has 0 saturated carbocycles. The molecule has 0 fully saturated rings. The number of carbonyl (C=O) groups is 1. The van der Waals surface area contributed by atoms with Crippen molar-refractivity contribution >= 4 is 16.1 Å². The van der Waals surface area contributed by atoms with Crippen molar-refractivity contribution in [1.29, 1.82) is 0 Å². The van der Waals surface area contributed by atoms with Crippen LogP contribution >= 0.6 is 0 Å². The van der Waals surface area contributed by atoms with E-state index in [-0.39, 0.29) is 0 Å². The lowest BCUT2D eigenvalue weighted by atomic mass is 10.2. The Morgan fingerprint density at radius 1 is 1.17 bits per heavy atom. The molecule has 0 radical (unpaired) electrons. The van der Waals surface area contributed by atoms with E-state index in [1.807, 2.05) is 0 Å². The summed E-state index contributed by atoms with van der Waals surface area (Å²) in [5.41, 5.74) is 0. The minimum absolute atomic E-state index is 1.04. The second-order valence-corrected chi connectivity index (χ2v) is 4.98. The van der Waals surface area contributed by atoms with Gasteiger partial charge in [0, 0.05) is 0 Å². The van der Waals surface area contributed by atoms with E-state index < -0.39 is 39.5 Å². The van der Waals surface area contributed by atoms with Crippen LogP contribution in [0.4, 0.5) is 22.0 Å².